The van der Waals surface area contributed by atoms with E-state index in [1.54, 1.807) is 24.1 Å². The SMILES string of the molecule is CCCN1C(=O)c2c(nc(-c3cnn(Cc4cccc(C(F)(F)F)c4)c3)n2COCc2oc(=O)oc2C)N(CC)C1O. The van der Waals surface area contributed by atoms with Crippen molar-refractivity contribution in [3.8, 4) is 11.4 Å². The van der Waals surface area contributed by atoms with Gasteiger partial charge < -0.3 is 23.6 Å². The van der Waals surface area contributed by atoms with Crippen molar-refractivity contribution in [1.82, 2.24) is 24.2 Å². The Morgan fingerprint density at radius 3 is 2.60 bits per heavy atom. The number of carbonyl (C=O) groups excluding carboxylic acids is 1. The van der Waals surface area contributed by atoms with Crippen molar-refractivity contribution in [3.63, 3.8) is 0 Å². The second-order valence-electron chi connectivity index (χ2n) is 9.70. The molecule has 12 nitrogen and oxygen atoms in total. The van der Waals surface area contributed by atoms with Crippen LogP contribution in [0.15, 0.2) is 50.3 Å². The molecular formula is C27H29F3N6O6. The Hall–Kier alpha value is -4.37. The number of halogens is 3. The van der Waals surface area contributed by atoms with Crippen LogP contribution in [-0.2, 0) is 30.8 Å². The van der Waals surface area contributed by atoms with Crippen LogP contribution in [0.3, 0.4) is 0 Å². The monoisotopic (exact) mass is 590 g/mol. The summed E-state index contributed by atoms with van der Waals surface area (Å²) in [5.74, 6) is -0.328. The Morgan fingerprint density at radius 1 is 1.14 bits per heavy atom. The van der Waals surface area contributed by atoms with Crippen molar-refractivity contribution in [2.75, 3.05) is 18.0 Å². The molecule has 4 heterocycles. The molecule has 224 valence electrons. The number of aliphatic hydroxyl groups is 1. The van der Waals surface area contributed by atoms with Crippen LogP contribution in [0.2, 0.25) is 0 Å². The van der Waals surface area contributed by atoms with E-state index >= 15 is 0 Å². The van der Waals surface area contributed by atoms with Gasteiger partial charge in [0.25, 0.3) is 5.91 Å². The number of hydrogen-bond acceptors (Lipinski definition) is 9. The first-order valence-electron chi connectivity index (χ1n) is 13.2. The summed E-state index contributed by atoms with van der Waals surface area (Å²) in [5, 5.41) is 15.3. The van der Waals surface area contributed by atoms with E-state index < -0.39 is 29.8 Å². The number of nitrogens with zero attached hydrogens (tertiary/aromatic N) is 6. The average Bonchev–Trinajstić information content (AvgIpc) is 3.63. The second kappa shape index (κ2) is 11.5. The van der Waals surface area contributed by atoms with Gasteiger partial charge in [-0.25, -0.2) is 9.78 Å². The Balaban J connectivity index is 1.51. The number of amides is 1. The molecule has 15 heteroatoms. The summed E-state index contributed by atoms with van der Waals surface area (Å²) in [4.78, 5) is 32.7. The van der Waals surface area contributed by atoms with Crippen molar-refractivity contribution < 1.29 is 36.6 Å². The zero-order valence-electron chi connectivity index (χ0n) is 23.1. The fourth-order valence-electron chi connectivity index (χ4n) is 4.82. The number of alkyl halides is 3. The van der Waals surface area contributed by atoms with Crippen molar-refractivity contribution in [3.05, 3.63) is 75.6 Å². The molecule has 0 radical (unpaired) electrons. The van der Waals surface area contributed by atoms with E-state index in [9.17, 15) is 27.9 Å². The summed E-state index contributed by atoms with van der Waals surface area (Å²) in [6.45, 7) is 5.63. The topological polar surface area (TPSA) is 132 Å². The number of imidazole rings is 1. The Bertz CT molecular complexity index is 1640. The van der Waals surface area contributed by atoms with Gasteiger partial charge in [-0.1, -0.05) is 19.1 Å². The summed E-state index contributed by atoms with van der Waals surface area (Å²) in [6.07, 6.45) is -2.00. The molecule has 1 N–H and O–H groups in total. The van der Waals surface area contributed by atoms with E-state index in [4.69, 9.17) is 18.6 Å². The van der Waals surface area contributed by atoms with Crippen LogP contribution in [0.5, 0.6) is 0 Å². The van der Waals surface area contributed by atoms with E-state index in [1.165, 1.54) is 26.4 Å². The van der Waals surface area contributed by atoms with Crippen LogP contribution in [-0.4, -0.2) is 54.7 Å². The number of aliphatic hydroxyl groups excluding tert-OH is 1. The predicted molar refractivity (Wildman–Crippen MR) is 141 cm³/mol. The molecule has 3 aromatic heterocycles. The maximum absolute atomic E-state index is 13.6. The zero-order valence-corrected chi connectivity index (χ0v) is 23.1. The molecule has 0 bridgehead atoms. The lowest BCUT2D eigenvalue weighted by atomic mass is 10.1. The summed E-state index contributed by atoms with van der Waals surface area (Å²) in [7, 11) is 0. The van der Waals surface area contributed by atoms with Crippen LogP contribution < -0.4 is 10.7 Å². The van der Waals surface area contributed by atoms with Gasteiger partial charge in [0.1, 0.15) is 24.9 Å². The number of hydrogen-bond donors (Lipinski definition) is 1. The number of carbonyl (C=O) groups is 1. The van der Waals surface area contributed by atoms with Crippen LogP contribution >= 0.6 is 0 Å². The number of benzene rings is 1. The van der Waals surface area contributed by atoms with Crippen LogP contribution in [0.1, 0.15) is 53.4 Å². The maximum Gasteiger partial charge on any atom is 0.519 e. The second-order valence-corrected chi connectivity index (χ2v) is 9.70. The molecule has 4 aromatic rings. The van der Waals surface area contributed by atoms with Gasteiger partial charge in [-0.15, -0.1) is 0 Å². The fourth-order valence-corrected chi connectivity index (χ4v) is 4.82. The summed E-state index contributed by atoms with van der Waals surface area (Å²) in [6, 6.07) is 4.97. The molecule has 1 aliphatic heterocycles. The summed E-state index contributed by atoms with van der Waals surface area (Å²) >= 11 is 0. The Morgan fingerprint density at radius 2 is 1.93 bits per heavy atom. The minimum absolute atomic E-state index is 0.0582. The van der Waals surface area contributed by atoms with Crippen LogP contribution in [0, 0.1) is 6.92 Å². The van der Waals surface area contributed by atoms with Gasteiger partial charge in [-0.2, -0.15) is 18.3 Å². The van der Waals surface area contributed by atoms with Crippen molar-refractivity contribution in [1.29, 1.82) is 0 Å². The van der Waals surface area contributed by atoms with Gasteiger partial charge in [0.2, 0.25) is 6.35 Å². The van der Waals surface area contributed by atoms with Crippen LogP contribution in [0.4, 0.5) is 19.0 Å². The first kappa shape index (κ1) is 29.1. The third-order valence-electron chi connectivity index (χ3n) is 6.83. The molecule has 0 fully saturated rings. The zero-order chi connectivity index (χ0) is 30.2. The van der Waals surface area contributed by atoms with E-state index in [0.29, 0.717) is 30.6 Å². The third kappa shape index (κ3) is 5.56. The molecule has 1 aliphatic rings. The Kier molecular flexibility index (Phi) is 7.97. The molecule has 0 spiro atoms. The molecule has 1 aromatic carbocycles. The molecule has 0 saturated heterocycles. The number of rotatable bonds is 10. The van der Waals surface area contributed by atoms with E-state index in [1.807, 2.05) is 13.8 Å². The van der Waals surface area contributed by atoms with Crippen molar-refractivity contribution >= 4 is 11.7 Å². The highest BCUT2D eigenvalue weighted by Crippen LogP contribution is 2.35. The number of anilines is 1. The first-order valence-corrected chi connectivity index (χ1v) is 13.2. The predicted octanol–water partition coefficient (Wildman–Crippen LogP) is 3.81. The Labute approximate surface area is 237 Å². The normalized spacial score (nSPS) is 15.5. The van der Waals surface area contributed by atoms with Gasteiger partial charge in [0, 0.05) is 19.3 Å². The molecule has 42 heavy (non-hydrogen) atoms. The number of ether oxygens (including phenoxy) is 1. The lowest BCUT2D eigenvalue weighted by Gasteiger charge is -2.40. The molecule has 0 saturated carbocycles. The number of aromatic nitrogens is 4. The van der Waals surface area contributed by atoms with Crippen molar-refractivity contribution in [2.45, 2.75) is 59.6 Å². The largest absolute Gasteiger partial charge is 0.519 e. The highest BCUT2D eigenvalue weighted by atomic mass is 19.4. The molecule has 0 aliphatic carbocycles. The minimum Gasteiger partial charge on any atom is -0.396 e. The summed E-state index contributed by atoms with van der Waals surface area (Å²) < 4.78 is 58.3. The maximum atomic E-state index is 13.6. The lowest BCUT2D eigenvalue weighted by molar-refractivity contribution is -0.137. The molecular weight excluding hydrogens is 561 g/mol. The smallest absolute Gasteiger partial charge is 0.396 e. The van der Waals surface area contributed by atoms with E-state index in [-0.39, 0.29) is 48.7 Å². The lowest BCUT2D eigenvalue weighted by Crippen LogP contribution is -2.56. The van der Waals surface area contributed by atoms with Gasteiger partial charge in [0.05, 0.1) is 23.9 Å². The highest BCUT2D eigenvalue weighted by molar-refractivity contribution is 6.00. The summed E-state index contributed by atoms with van der Waals surface area (Å²) in [5.41, 5.74) is 0.283. The first-order chi connectivity index (χ1) is 20.0. The quantitative estimate of drug-likeness (QED) is 0.293. The molecule has 1 unspecified atom stereocenters. The van der Waals surface area contributed by atoms with Gasteiger partial charge in [0.15, 0.2) is 17.3 Å². The average molecular weight is 591 g/mol. The third-order valence-corrected chi connectivity index (χ3v) is 6.83. The molecule has 1 amide bonds. The van der Waals surface area contributed by atoms with E-state index in [0.717, 1.165) is 12.1 Å². The fraction of sp³-hybridized carbons (Fsp3) is 0.407. The van der Waals surface area contributed by atoms with Crippen LogP contribution in [0.25, 0.3) is 11.4 Å². The van der Waals surface area contributed by atoms with E-state index in [2.05, 4.69) is 5.10 Å². The standard InChI is InChI=1S/C27H29F3N6O6/c1-4-9-35-24(37)21-23(34(5-2)25(35)38)32-22(36(21)15-40-14-20-16(3)41-26(39)42-20)18-11-31-33(13-18)12-17-7-6-8-19(10-17)27(28,29)30/h6-8,10-11,13,25,38H,4-5,9,12,14-15H2,1-3H3. The molecule has 1 atom stereocenters. The van der Waals surface area contributed by atoms with Gasteiger partial charge in [-0.3, -0.25) is 18.9 Å². The number of fused-ring (bicyclic) bond motifs is 1. The van der Waals surface area contributed by atoms with Crippen molar-refractivity contribution in [2.24, 2.45) is 0 Å². The minimum atomic E-state index is -4.47. The van der Waals surface area contributed by atoms with Gasteiger partial charge in [-0.05, 0) is 38.0 Å². The highest BCUT2D eigenvalue weighted by Gasteiger charge is 2.41. The molecule has 5 rings (SSSR count). The number of aryl methyl sites for hydroxylation is 1. The van der Waals surface area contributed by atoms with Gasteiger partial charge >= 0.3 is 12.0 Å².